The third-order valence-electron chi connectivity index (χ3n) is 4.12. The Morgan fingerprint density at radius 2 is 1.87 bits per heavy atom. The number of hydrogen-bond donors (Lipinski definition) is 1. The zero-order valence-corrected chi connectivity index (χ0v) is 14.9. The van der Waals surface area contributed by atoms with Crippen molar-refractivity contribution in [1.29, 1.82) is 0 Å². The van der Waals surface area contributed by atoms with Crippen molar-refractivity contribution in [2.45, 2.75) is 59.4 Å². The minimum atomic E-state index is -0.131. The molecule has 1 N–H and O–H groups in total. The molecule has 0 aliphatic heterocycles. The second-order valence-corrected chi connectivity index (χ2v) is 6.98. The van der Waals surface area contributed by atoms with Crippen LogP contribution in [0.25, 0.3) is 0 Å². The summed E-state index contributed by atoms with van der Waals surface area (Å²) in [4.78, 5) is 12.5. The van der Waals surface area contributed by atoms with Crippen LogP contribution >= 0.6 is 0 Å². The minimum absolute atomic E-state index is 0.0736. The summed E-state index contributed by atoms with van der Waals surface area (Å²) in [7, 11) is 0. The molecule has 23 heavy (non-hydrogen) atoms. The SMILES string of the molecule is CCc1noc(C)c1C(=O)N[C@H](C)c1ccc(C(C)(C)C)cc1. The first kappa shape index (κ1) is 17.3. The van der Waals surface area contributed by atoms with Crippen molar-refractivity contribution in [3.63, 3.8) is 0 Å². The first-order chi connectivity index (χ1) is 10.7. The first-order valence-electron chi connectivity index (χ1n) is 8.10. The van der Waals surface area contributed by atoms with Crippen LogP contribution in [-0.2, 0) is 11.8 Å². The van der Waals surface area contributed by atoms with Gasteiger partial charge in [0.25, 0.3) is 5.91 Å². The molecule has 1 amide bonds. The first-order valence-corrected chi connectivity index (χ1v) is 8.10. The number of rotatable bonds is 4. The molecule has 0 saturated carbocycles. The van der Waals surface area contributed by atoms with Crippen molar-refractivity contribution in [2.24, 2.45) is 0 Å². The Morgan fingerprint density at radius 3 is 2.39 bits per heavy atom. The van der Waals surface area contributed by atoms with Gasteiger partial charge in [0, 0.05) is 0 Å². The molecule has 1 aromatic heterocycles. The quantitative estimate of drug-likeness (QED) is 0.913. The van der Waals surface area contributed by atoms with Gasteiger partial charge in [-0.3, -0.25) is 4.79 Å². The van der Waals surface area contributed by atoms with E-state index in [1.54, 1.807) is 6.92 Å². The summed E-state index contributed by atoms with van der Waals surface area (Å²) in [5.74, 6) is 0.433. The molecule has 4 nitrogen and oxygen atoms in total. The standard InChI is InChI=1S/C19H26N2O2/c1-7-16-17(13(3)23-21-16)18(22)20-12(2)14-8-10-15(11-9-14)19(4,5)6/h8-12H,7H2,1-6H3,(H,20,22)/t12-/m1/s1. The van der Waals surface area contributed by atoms with Gasteiger partial charge in [-0.2, -0.15) is 0 Å². The van der Waals surface area contributed by atoms with Crippen molar-refractivity contribution >= 4 is 5.91 Å². The van der Waals surface area contributed by atoms with Gasteiger partial charge < -0.3 is 9.84 Å². The summed E-state index contributed by atoms with van der Waals surface area (Å²) in [6, 6.07) is 8.33. The number of benzene rings is 1. The third kappa shape index (κ3) is 3.81. The molecule has 1 aromatic carbocycles. The number of carbonyl (C=O) groups excluding carboxylic acids is 1. The van der Waals surface area contributed by atoms with E-state index in [9.17, 15) is 4.79 Å². The maximum atomic E-state index is 12.5. The van der Waals surface area contributed by atoms with Crippen LogP contribution in [0.3, 0.4) is 0 Å². The lowest BCUT2D eigenvalue weighted by atomic mass is 9.86. The van der Waals surface area contributed by atoms with Crippen LogP contribution in [0.15, 0.2) is 28.8 Å². The highest BCUT2D eigenvalue weighted by atomic mass is 16.5. The van der Waals surface area contributed by atoms with Gasteiger partial charge >= 0.3 is 0 Å². The summed E-state index contributed by atoms with van der Waals surface area (Å²) in [6.07, 6.45) is 0.675. The van der Waals surface area contributed by atoms with Gasteiger partial charge in [0.1, 0.15) is 11.3 Å². The predicted molar refractivity (Wildman–Crippen MR) is 91.6 cm³/mol. The highest BCUT2D eigenvalue weighted by molar-refractivity contribution is 5.96. The molecule has 0 unspecified atom stereocenters. The normalized spacial score (nSPS) is 13.0. The van der Waals surface area contributed by atoms with Gasteiger partial charge in [-0.1, -0.05) is 57.1 Å². The van der Waals surface area contributed by atoms with Crippen molar-refractivity contribution in [3.05, 3.63) is 52.4 Å². The molecule has 0 saturated heterocycles. The average molecular weight is 314 g/mol. The molecule has 0 spiro atoms. The highest BCUT2D eigenvalue weighted by Crippen LogP contribution is 2.24. The summed E-state index contributed by atoms with van der Waals surface area (Å²) in [5, 5.41) is 6.97. The lowest BCUT2D eigenvalue weighted by Crippen LogP contribution is -2.27. The summed E-state index contributed by atoms with van der Waals surface area (Å²) in [5.41, 5.74) is 3.75. The van der Waals surface area contributed by atoms with E-state index in [1.165, 1.54) is 5.56 Å². The molecular weight excluding hydrogens is 288 g/mol. The van der Waals surface area contributed by atoms with Gasteiger partial charge in [-0.05, 0) is 36.8 Å². The molecule has 4 heteroatoms. The monoisotopic (exact) mass is 314 g/mol. The maximum absolute atomic E-state index is 12.5. The Morgan fingerprint density at radius 1 is 1.26 bits per heavy atom. The molecule has 0 bridgehead atoms. The smallest absolute Gasteiger partial charge is 0.257 e. The number of nitrogens with one attached hydrogen (secondary N) is 1. The number of aryl methyl sites for hydroxylation is 2. The molecule has 0 aliphatic rings. The van der Waals surface area contributed by atoms with E-state index < -0.39 is 0 Å². The van der Waals surface area contributed by atoms with Crippen molar-refractivity contribution in [3.8, 4) is 0 Å². The minimum Gasteiger partial charge on any atom is -0.361 e. The van der Waals surface area contributed by atoms with Crippen molar-refractivity contribution in [2.75, 3.05) is 0 Å². The molecule has 124 valence electrons. The van der Waals surface area contributed by atoms with Crippen LogP contribution in [0.4, 0.5) is 0 Å². The average Bonchev–Trinajstić information content (AvgIpc) is 2.87. The van der Waals surface area contributed by atoms with Crippen LogP contribution in [0.5, 0.6) is 0 Å². The zero-order chi connectivity index (χ0) is 17.2. The Hall–Kier alpha value is -2.10. The molecule has 0 aliphatic carbocycles. The van der Waals surface area contributed by atoms with E-state index in [4.69, 9.17) is 4.52 Å². The molecule has 1 atom stereocenters. The molecule has 2 rings (SSSR count). The topological polar surface area (TPSA) is 55.1 Å². The van der Waals surface area contributed by atoms with Crippen LogP contribution in [-0.4, -0.2) is 11.1 Å². The van der Waals surface area contributed by atoms with Gasteiger partial charge in [-0.15, -0.1) is 0 Å². The van der Waals surface area contributed by atoms with Crippen molar-refractivity contribution < 1.29 is 9.32 Å². The largest absolute Gasteiger partial charge is 0.361 e. The van der Waals surface area contributed by atoms with E-state index in [-0.39, 0.29) is 17.4 Å². The van der Waals surface area contributed by atoms with E-state index in [0.29, 0.717) is 23.4 Å². The van der Waals surface area contributed by atoms with Crippen LogP contribution in [0.2, 0.25) is 0 Å². The maximum Gasteiger partial charge on any atom is 0.257 e. The predicted octanol–water partition coefficient (Wildman–Crippen LogP) is 4.33. The van der Waals surface area contributed by atoms with E-state index in [0.717, 1.165) is 5.56 Å². The van der Waals surface area contributed by atoms with Gasteiger partial charge in [0.2, 0.25) is 0 Å². The fraction of sp³-hybridized carbons (Fsp3) is 0.474. The molecular formula is C19H26N2O2. The van der Waals surface area contributed by atoms with Gasteiger partial charge in [0.15, 0.2) is 0 Å². The fourth-order valence-electron chi connectivity index (χ4n) is 2.57. The van der Waals surface area contributed by atoms with Crippen LogP contribution < -0.4 is 5.32 Å². The Labute approximate surface area is 138 Å². The fourth-order valence-corrected chi connectivity index (χ4v) is 2.57. The lowest BCUT2D eigenvalue weighted by molar-refractivity contribution is 0.0937. The third-order valence-corrected chi connectivity index (χ3v) is 4.12. The molecule has 0 radical (unpaired) electrons. The molecule has 2 aromatic rings. The van der Waals surface area contributed by atoms with Crippen molar-refractivity contribution in [1.82, 2.24) is 10.5 Å². The zero-order valence-electron chi connectivity index (χ0n) is 14.9. The van der Waals surface area contributed by atoms with Crippen LogP contribution in [0, 0.1) is 6.92 Å². The Kier molecular flexibility index (Phi) is 4.93. The number of nitrogens with zero attached hydrogens (tertiary/aromatic N) is 1. The number of carbonyl (C=O) groups is 1. The Bertz CT molecular complexity index is 678. The van der Waals surface area contributed by atoms with E-state index in [1.807, 2.05) is 13.8 Å². The number of hydrogen-bond acceptors (Lipinski definition) is 3. The van der Waals surface area contributed by atoms with Gasteiger partial charge in [-0.25, -0.2) is 0 Å². The summed E-state index contributed by atoms with van der Waals surface area (Å²) >= 11 is 0. The lowest BCUT2D eigenvalue weighted by Gasteiger charge is -2.20. The molecule has 0 fully saturated rings. The summed E-state index contributed by atoms with van der Waals surface area (Å²) < 4.78 is 5.14. The second-order valence-electron chi connectivity index (χ2n) is 6.98. The Balaban J connectivity index is 2.14. The van der Waals surface area contributed by atoms with Gasteiger partial charge in [0.05, 0.1) is 11.7 Å². The highest BCUT2D eigenvalue weighted by Gasteiger charge is 2.21. The second kappa shape index (κ2) is 6.57. The number of amides is 1. The van der Waals surface area contributed by atoms with Crippen LogP contribution in [0.1, 0.15) is 73.6 Å². The number of aromatic nitrogens is 1. The van der Waals surface area contributed by atoms with E-state index in [2.05, 4.69) is 55.5 Å². The van der Waals surface area contributed by atoms with E-state index >= 15 is 0 Å². The summed E-state index contributed by atoms with van der Waals surface area (Å²) in [6.45, 7) is 12.3. The molecule has 1 heterocycles.